The molecule has 0 N–H and O–H groups in total. The number of benzene rings is 2. The van der Waals surface area contributed by atoms with Crippen LogP contribution in [0.1, 0.15) is 22.3 Å². The van der Waals surface area contributed by atoms with Crippen LogP contribution in [-0.4, -0.2) is 30.0 Å². The minimum atomic E-state index is -0.473. The molecule has 0 saturated heterocycles. The molecule has 25 heavy (non-hydrogen) atoms. The van der Waals surface area contributed by atoms with E-state index >= 15 is 0 Å². The van der Waals surface area contributed by atoms with Gasteiger partial charge in [-0.15, -0.1) is 0 Å². The number of nitrogens with zero attached hydrogens (tertiary/aromatic N) is 2. The molecule has 0 aliphatic carbocycles. The molecule has 6 heteroatoms. The van der Waals surface area contributed by atoms with Crippen LogP contribution in [0.25, 0.3) is 11.1 Å². The van der Waals surface area contributed by atoms with E-state index in [1.165, 1.54) is 12.0 Å². The third-order valence-corrected chi connectivity index (χ3v) is 4.30. The van der Waals surface area contributed by atoms with Crippen molar-refractivity contribution in [1.82, 2.24) is 4.98 Å². The van der Waals surface area contributed by atoms with Crippen LogP contribution in [0.5, 0.6) is 0 Å². The lowest BCUT2D eigenvalue weighted by Crippen LogP contribution is -2.29. The van der Waals surface area contributed by atoms with E-state index in [2.05, 4.69) is 4.98 Å². The average molecular weight is 336 g/mol. The summed E-state index contributed by atoms with van der Waals surface area (Å²) in [6.45, 7) is 0.724. The fourth-order valence-corrected chi connectivity index (χ4v) is 3.03. The first-order valence-electron chi connectivity index (χ1n) is 8.11. The highest BCUT2D eigenvalue weighted by atomic mass is 16.5. The third-order valence-electron chi connectivity index (χ3n) is 4.30. The van der Waals surface area contributed by atoms with E-state index in [-0.39, 0.29) is 18.9 Å². The summed E-state index contributed by atoms with van der Waals surface area (Å²) in [5.74, 6) is -0.510. The van der Waals surface area contributed by atoms with Gasteiger partial charge < -0.3 is 14.1 Å². The van der Waals surface area contributed by atoms with Gasteiger partial charge in [-0.25, -0.2) is 9.78 Å². The number of carbonyl (C=O) groups is 2. The number of esters is 1. The average Bonchev–Trinajstić information content (AvgIpc) is 3.27. The number of oxazole rings is 1. The van der Waals surface area contributed by atoms with Crippen LogP contribution < -0.4 is 4.90 Å². The Kier molecular flexibility index (Phi) is 3.93. The van der Waals surface area contributed by atoms with E-state index in [1.54, 1.807) is 23.1 Å². The van der Waals surface area contributed by atoms with Crippen LogP contribution in [0.3, 0.4) is 0 Å². The van der Waals surface area contributed by atoms with Crippen molar-refractivity contribution < 1.29 is 18.7 Å². The minimum Gasteiger partial charge on any atom is -0.462 e. The summed E-state index contributed by atoms with van der Waals surface area (Å²) >= 11 is 0. The molecule has 0 unspecified atom stereocenters. The largest absolute Gasteiger partial charge is 0.462 e. The molecule has 2 aromatic carbocycles. The zero-order valence-electron chi connectivity index (χ0n) is 13.5. The zero-order chi connectivity index (χ0) is 17.2. The molecule has 3 aromatic rings. The van der Waals surface area contributed by atoms with Crippen molar-refractivity contribution in [2.75, 3.05) is 18.1 Å². The van der Waals surface area contributed by atoms with Crippen molar-refractivity contribution in [3.05, 3.63) is 60.0 Å². The molecule has 2 heterocycles. The second-order valence-electron chi connectivity index (χ2n) is 5.84. The van der Waals surface area contributed by atoms with E-state index in [0.717, 1.165) is 12.1 Å². The Morgan fingerprint density at radius 2 is 2.08 bits per heavy atom. The molecule has 0 radical (unpaired) electrons. The van der Waals surface area contributed by atoms with Crippen molar-refractivity contribution in [2.24, 2.45) is 0 Å². The summed E-state index contributed by atoms with van der Waals surface area (Å²) in [7, 11) is 0. The molecule has 1 amide bonds. The number of hydrogen-bond donors (Lipinski definition) is 0. The number of hydrogen-bond acceptors (Lipinski definition) is 5. The smallest absolute Gasteiger partial charge is 0.338 e. The van der Waals surface area contributed by atoms with Crippen molar-refractivity contribution in [2.45, 2.75) is 12.8 Å². The molecule has 126 valence electrons. The SMILES string of the molecule is O=C(OCCC(=O)N1CCc2ccccc21)c1ccc2ocnc2c1. The predicted octanol–water partition coefficient (Wildman–Crippen LogP) is 2.96. The van der Waals surface area contributed by atoms with E-state index in [4.69, 9.17) is 9.15 Å². The molecule has 1 aliphatic rings. The molecular formula is C19H16N2O4. The first-order chi connectivity index (χ1) is 12.2. The normalized spacial score (nSPS) is 13.0. The maximum Gasteiger partial charge on any atom is 0.338 e. The quantitative estimate of drug-likeness (QED) is 0.685. The lowest BCUT2D eigenvalue weighted by molar-refractivity contribution is -0.119. The minimum absolute atomic E-state index is 0.0373. The van der Waals surface area contributed by atoms with Crippen molar-refractivity contribution in [3.63, 3.8) is 0 Å². The molecule has 0 fully saturated rings. The van der Waals surface area contributed by atoms with Gasteiger partial charge in [-0.3, -0.25) is 4.79 Å². The van der Waals surface area contributed by atoms with E-state index in [0.29, 0.717) is 23.2 Å². The standard InChI is InChI=1S/C19H16N2O4/c22-18(21-9-7-13-3-1-2-4-16(13)21)8-10-24-19(23)14-5-6-17-15(11-14)20-12-25-17/h1-6,11-12H,7-10H2. The second kappa shape index (κ2) is 6.39. The number of carbonyl (C=O) groups excluding carboxylic acids is 2. The van der Waals surface area contributed by atoms with Gasteiger partial charge in [0.2, 0.25) is 5.91 Å². The van der Waals surface area contributed by atoms with Crippen LogP contribution in [0.4, 0.5) is 5.69 Å². The number of para-hydroxylation sites is 1. The maximum absolute atomic E-state index is 12.4. The molecular weight excluding hydrogens is 320 g/mol. The summed E-state index contributed by atoms with van der Waals surface area (Å²) in [5.41, 5.74) is 3.73. The van der Waals surface area contributed by atoms with E-state index in [9.17, 15) is 9.59 Å². The molecule has 1 aliphatic heterocycles. The van der Waals surface area contributed by atoms with Gasteiger partial charge in [0.25, 0.3) is 0 Å². The second-order valence-corrected chi connectivity index (χ2v) is 5.84. The Bertz CT molecular complexity index is 947. The number of aromatic nitrogens is 1. The lowest BCUT2D eigenvalue weighted by atomic mass is 10.2. The fourth-order valence-electron chi connectivity index (χ4n) is 3.03. The van der Waals surface area contributed by atoms with Crippen LogP contribution in [-0.2, 0) is 16.0 Å². The Balaban J connectivity index is 1.34. The number of fused-ring (bicyclic) bond motifs is 2. The van der Waals surface area contributed by atoms with Gasteiger partial charge in [0.1, 0.15) is 12.1 Å². The van der Waals surface area contributed by atoms with Gasteiger partial charge in [0.15, 0.2) is 12.0 Å². The summed E-state index contributed by atoms with van der Waals surface area (Å²) in [5, 5.41) is 0. The van der Waals surface area contributed by atoms with Crippen molar-refractivity contribution in [3.8, 4) is 0 Å². The maximum atomic E-state index is 12.4. The number of anilines is 1. The van der Waals surface area contributed by atoms with Crippen LogP contribution >= 0.6 is 0 Å². The lowest BCUT2D eigenvalue weighted by Gasteiger charge is -2.17. The molecule has 0 saturated carbocycles. The molecule has 4 rings (SSSR count). The van der Waals surface area contributed by atoms with Gasteiger partial charge in [-0.05, 0) is 36.2 Å². The van der Waals surface area contributed by atoms with Crippen LogP contribution in [0.15, 0.2) is 53.3 Å². The molecule has 1 aromatic heterocycles. The summed E-state index contributed by atoms with van der Waals surface area (Å²) in [4.78, 5) is 30.2. The molecule has 0 spiro atoms. The summed E-state index contributed by atoms with van der Waals surface area (Å²) in [6, 6.07) is 12.8. The number of rotatable bonds is 4. The summed E-state index contributed by atoms with van der Waals surface area (Å²) < 4.78 is 10.4. The Hall–Kier alpha value is -3.15. The topological polar surface area (TPSA) is 72.6 Å². The first-order valence-corrected chi connectivity index (χ1v) is 8.11. The number of ether oxygens (including phenoxy) is 1. The highest BCUT2D eigenvalue weighted by Crippen LogP contribution is 2.27. The van der Waals surface area contributed by atoms with Gasteiger partial charge in [-0.2, -0.15) is 0 Å². The molecule has 0 bridgehead atoms. The first kappa shape index (κ1) is 15.4. The summed E-state index contributed by atoms with van der Waals surface area (Å²) in [6.07, 6.45) is 2.35. The molecule has 6 nitrogen and oxygen atoms in total. The monoisotopic (exact) mass is 336 g/mol. The highest BCUT2D eigenvalue weighted by molar-refractivity contribution is 5.96. The highest BCUT2D eigenvalue weighted by Gasteiger charge is 2.24. The van der Waals surface area contributed by atoms with Crippen molar-refractivity contribution >= 4 is 28.7 Å². The Morgan fingerprint density at radius 3 is 3.00 bits per heavy atom. The van der Waals surface area contributed by atoms with Gasteiger partial charge in [0, 0.05) is 12.2 Å². The van der Waals surface area contributed by atoms with Gasteiger partial charge in [0.05, 0.1) is 12.0 Å². The Morgan fingerprint density at radius 1 is 1.20 bits per heavy atom. The van der Waals surface area contributed by atoms with Gasteiger partial charge in [-0.1, -0.05) is 18.2 Å². The van der Waals surface area contributed by atoms with Gasteiger partial charge >= 0.3 is 5.97 Å². The Labute approximate surface area is 144 Å². The fraction of sp³-hybridized carbons (Fsp3) is 0.211. The van der Waals surface area contributed by atoms with E-state index in [1.807, 2.05) is 24.3 Å². The van der Waals surface area contributed by atoms with Crippen LogP contribution in [0.2, 0.25) is 0 Å². The predicted molar refractivity (Wildman–Crippen MR) is 91.4 cm³/mol. The van der Waals surface area contributed by atoms with Crippen LogP contribution in [0, 0.1) is 0 Å². The third kappa shape index (κ3) is 2.98. The zero-order valence-corrected chi connectivity index (χ0v) is 13.5. The van der Waals surface area contributed by atoms with Crippen molar-refractivity contribution in [1.29, 1.82) is 0 Å². The number of amides is 1. The van der Waals surface area contributed by atoms with E-state index < -0.39 is 5.97 Å². The molecule has 0 atom stereocenters.